The lowest BCUT2D eigenvalue weighted by atomic mass is 9.96. The Balaban J connectivity index is 1.44. The zero-order chi connectivity index (χ0) is 14.9. The molecule has 0 bridgehead atoms. The molecule has 22 heavy (non-hydrogen) atoms. The van der Waals surface area contributed by atoms with E-state index in [1.807, 2.05) is 10.7 Å². The van der Waals surface area contributed by atoms with Crippen LogP contribution in [0.4, 0.5) is 0 Å². The van der Waals surface area contributed by atoms with Crippen molar-refractivity contribution in [3.05, 3.63) is 34.5 Å². The van der Waals surface area contributed by atoms with Crippen molar-refractivity contribution < 1.29 is 9.32 Å². The molecule has 1 amide bonds. The number of hydrogen-bond acceptors (Lipinski definition) is 4. The highest BCUT2D eigenvalue weighted by Gasteiger charge is 2.21. The van der Waals surface area contributed by atoms with Crippen LogP contribution < -0.4 is 5.32 Å². The Morgan fingerprint density at radius 3 is 3.00 bits per heavy atom. The van der Waals surface area contributed by atoms with Gasteiger partial charge in [0.25, 0.3) is 5.91 Å². The third-order valence-electron chi connectivity index (χ3n) is 4.60. The lowest BCUT2D eigenvalue weighted by Gasteiger charge is -2.11. The summed E-state index contributed by atoms with van der Waals surface area (Å²) >= 11 is 0. The van der Waals surface area contributed by atoms with Crippen molar-refractivity contribution in [3.8, 4) is 0 Å². The molecule has 1 aliphatic carbocycles. The molecule has 0 radical (unpaired) electrons. The number of aromatic nitrogens is 3. The third-order valence-corrected chi connectivity index (χ3v) is 4.60. The summed E-state index contributed by atoms with van der Waals surface area (Å²) in [7, 11) is 0. The third kappa shape index (κ3) is 2.42. The summed E-state index contributed by atoms with van der Waals surface area (Å²) < 4.78 is 7.33. The Morgan fingerprint density at radius 1 is 1.23 bits per heavy atom. The predicted molar refractivity (Wildman–Crippen MR) is 79.5 cm³/mol. The molecule has 3 heterocycles. The fraction of sp³-hybridized carbons (Fsp3) is 0.562. The van der Waals surface area contributed by atoms with Gasteiger partial charge in [-0.15, -0.1) is 0 Å². The lowest BCUT2D eigenvalue weighted by Crippen LogP contribution is -2.24. The Morgan fingerprint density at radius 2 is 2.09 bits per heavy atom. The number of amides is 1. The molecule has 0 spiro atoms. The second-order valence-corrected chi connectivity index (χ2v) is 6.12. The summed E-state index contributed by atoms with van der Waals surface area (Å²) in [5, 5.41) is 11.4. The standard InChI is InChI=1S/C16H20N4O2/c21-16(13-9-11-5-3-4-8-20(11)18-13)17-10-14-12-6-1-2-7-15(12)22-19-14/h9H,1-8,10H2,(H,17,21). The quantitative estimate of drug-likeness (QED) is 0.941. The zero-order valence-electron chi connectivity index (χ0n) is 12.6. The van der Waals surface area contributed by atoms with E-state index in [1.165, 1.54) is 18.4 Å². The van der Waals surface area contributed by atoms with E-state index < -0.39 is 0 Å². The maximum atomic E-state index is 12.3. The van der Waals surface area contributed by atoms with E-state index in [9.17, 15) is 4.79 Å². The molecule has 0 saturated carbocycles. The van der Waals surface area contributed by atoms with Gasteiger partial charge in [-0.05, 0) is 44.6 Å². The molecule has 2 aliphatic rings. The van der Waals surface area contributed by atoms with E-state index in [-0.39, 0.29) is 5.91 Å². The van der Waals surface area contributed by atoms with Crippen LogP contribution in [0.15, 0.2) is 10.6 Å². The van der Waals surface area contributed by atoms with Crippen molar-refractivity contribution >= 4 is 5.91 Å². The van der Waals surface area contributed by atoms with Crippen molar-refractivity contribution in [1.29, 1.82) is 0 Å². The normalized spacial score (nSPS) is 16.9. The van der Waals surface area contributed by atoms with Crippen LogP contribution >= 0.6 is 0 Å². The molecule has 2 aromatic rings. The maximum Gasteiger partial charge on any atom is 0.272 e. The van der Waals surface area contributed by atoms with E-state index in [1.54, 1.807) is 0 Å². The average Bonchev–Trinajstić information content (AvgIpc) is 3.16. The molecule has 0 unspecified atom stereocenters. The van der Waals surface area contributed by atoms with E-state index >= 15 is 0 Å². The predicted octanol–water partition coefficient (Wildman–Crippen LogP) is 2.02. The molecular weight excluding hydrogens is 280 g/mol. The largest absolute Gasteiger partial charge is 0.361 e. The van der Waals surface area contributed by atoms with Crippen molar-refractivity contribution in [2.45, 2.75) is 58.0 Å². The molecular formula is C16H20N4O2. The minimum atomic E-state index is -0.130. The molecule has 0 saturated heterocycles. The van der Waals surface area contributed by atoms with Crippen LogP contribution in [0.1, 0.15) is 58.9 Å². The van der Waals surface area contributed by atoms with Gasteiger partial charge < -0.3 is 9.84 Å². The Kier molecular flexibility index (Phi) is 3.44. The molecule has 6 nitrogen and oxygen atoms in total. The van der Waals surface area contributed by atoms with Crippen LogP contribution in [0.3, 0.4) is 0 Å². The highest BCUT2D eigenvalue weighted by atomic mass is 16.5. The average molecular weight is 300 g/mol. The molecule has 1 aliphatic heterocycles. The second kappa shape index (κ2) is 5.59. The minimum Gasteiger partial charge on any atom is -0.361 e. The lowest BCUT2D eigenvalue weighted by molar-refractivity contribution is 0.0944. The molecule has 4 rings (SSSR count). The van der Waals surface area contributed by atoms with Crippen molar-refractivity contribution in [3.63, 3.8) is 0 Å². The topological polar surface area (TPSA) is 73.0 Å². The fourth-order valence-corrected chi connectivity index (χ4v) is 3.37. The van der Waals surface area contributed by atoms with Gasteiger partial charge in [-0.1, -0.05) is 5.16 Å². The summed E-state index contributed by atoms with van der Waals surface area (Å²) in [6.07, 6.45) is 7.62. The van der Waals surface area contributed by atoms with Gasteiger partial charge in [0.05, 0.1) is 6.54 Å². The maximum absolute atomic E-state index is 12.3. The molecule has 2 aromatic heterocycles. The summed E-state index contributed by atoms with van der Waals surface area (Å²) in [6, 6.07) is 1.91. The first-order valence-corrected chi connectivity index (χ1v) is 8.12. The van der Waals surface area contributed by atoms with Crippen LogP contribution in [-0.2, 0) is 32.4 Å². The highest BCUT2D eigenvalue weighted by Crippen LogP contribution is 2.24. The van der Waals surface area contributed by atoms with Crippen molar-refractivity contribution in [1.82, 2.24) is 20.3 Å². The molecule has 6 heteroatoms. The van der Waals surface area contributed by atoms with E-state index in [2.05, 4.69) is 15.6 Å². The van der Waals surface area contributed by atoms with Crippen LogP contribution in [0.5, 0.6) is 0 Å². The Hall–Kier alpha value is -2.11. The Bertz CT molecular complexity index is 678. The van der Waals surface area contributed by atoms with Crippen LogP contribution in [0.25, 0.3) is 0 Å². The highest BCUT2D eigenvalue weighted by molar-refractivity contribution is 5.92. The van der Waals surface area contributed by atoms with Gasteiger partial charge in [-0.25, -0.2) is 0 Å². The number of carbonyl (C=O) groups excluding carboxylic acids is 1. The van der Waals surface area contributed by atoms with Crippen molar-refractivity contribution in [2.75, 3.05) is 0 Å². The first-order valence-electron chi connectivity index (χ1n) is 8.12. The molecule has 116 valence electrons. The number of carbonyl (C=O) groups is 1. The molecule has 0 atom stereocenters. The summed E-state index contributed by atoms with van der Waals surface area (Å²) in [6.45, 7) is 1.33. The SMILES string of the molecule is O=C(NCc1noc2c1CCCC2)c1cc2n(n1)CCCC2. The second-order valence-electron chi connectivity index (χ2n) is 6.12. The zero-order valence-corrected chi connectivity index (χ0v) is 12.6. The van der Waals surface area contributed by atoms with Crippen LogP contribution in [0, 0.1) is 0 Å². The van der Waals surface area contributed by atoms with Gasteiger partial charge in [-0.3, -0.25) is 9.48 Å². The van der Waals surface area contributed by atoms with Gasteiger partial charge in [-0.2, -0.15) is 5.10 Å². The van der Waals surface area contributed by atoms with Gasteiger partial charge >= 0.3 is 0 Å². The van der Waals surface area contributed by atoms with E-state index in [4.69, 9.17) is 4.52 Å². The monoisotopic (exact) mass is 300 g/mol. The fourth-order valence-electron chi connectivity index (χ4n) is 3.37. The number of aryl methyl sites for hydroxylation is 3. The van der Waals surface area contributed by atoms with Gasteiger partial charge in [0.1, 0.15) is 17.1 Å². The Labute approximate surface area is 128 Å². The van der Waals surface area contributed by atoms with Crippen LogP contribution in [-0.4, -0.2) is 20.8 Å². The number of rotatable bonds is 3. The first kappa shape index (κ1) is 13.5. The summed E-state index contributed by atoms with van der Waals surface area (Å²) in [5.41, 5.74) is 3.73. The molecule has 0 fully saturated rings. The van der Waals surface area contributed by atoms with Gasteiger partial charge in [0, 0.05) is 24.2 Å². The van der Waals surface area contributed by atoms with Gasteiger partial charge in [0.15, 0.2) is 0 Å². The molecule has 0 aromatic carbocycles. The van der Waals surface area contributed by atoms with E-state index in [0.717, 1.165) is 55.8 Å². The number of nitrogens with zero attached hydrogens (tertiary/aromatic N) is 3. The van der Waals surface area contributed by atoms with Gasteiger partial charge in [0.2, 0.25) is 0 Å². The smallest absolute Gasteiger partial charge is 0.272 e. The number of hydrogen-bond donors (Lipinski definition) is 1. The number of nitrogens with one attached hydrogen (secondary N) is 1. The number of fused-ring (bicyclic) bond motifs is 2. The van der Waals surface area contributed by atoms with Crippen molar-refractivity contribution in [2.24, 2.45) is 0 Å². The van der Waals surface area contributed by atoms with Crippen LogP contribution in [0.2, 0.25) is 0 Å². The summed E-state index contributed by atoms with van der Waals surface area (Å²) in [5.74, 6) is 0.863. The minimum absolute atomic E-state index is 0.130. The summed E-state index contributed by atoms with van der Waals surface area (Å²) in [4.78, 5) is 12.3. The first-order chi connectivity index (χ1) is 10.8. The molecule has 1 N–H and O–H groups in total. The van der Waals surface area contributed by atoms with E-state index in [0.29, 0.717) is 12.2 Å².